The SMILES string of the molecule is CCOC1(CO)CN(CCC(=O)Nc2cc(Nc3cc(-c4cc(Cl)ccc4F)nnc3C)ccn2)C1. The van der Waals surface area contributed by atoms with Gasteiger partial charge in [0.1, 0.15) is 17.2 Å². The third kappa shape index (κ3) is 6.14. The van der Waals surface area contributed by atoms with Crippen molar-refractivity contribution in [2.24, 2.45) is 0 Å². The molecule has 1 fully saturated rings. The maximum Gasteiger partial charge on any atom is 0.226 e. The molecule has 0 atom stereocenters. The zero-order valence-electron chi connectivity index (χ0n) is 20.1. The van der Waals surface area contributed by atoms with Crippen molar-refractivity contribution >= 4 is 34.7 Å². The lowest BCUT2D eigenvalue weighted by Gasteiger charge is -2.48. The fraction of sp³-hybridized carbons (Fsp3) is 0.360. The molecule has 3 heterocycles. The van der Waals surface area contributed by atoms with E-state index in [4.69, 9.17) is 16.3 Å². The fourth-order valence-corrected chi connectivity index (χ4v) is 4.24. The Morgan fingerprint density at radius 2 is 2.06 bits per heavy atom. The molecule has 0 unspecified atom stereocenters. The molecule has 1 saturated heterocycles. The average molecular weight is 515 g/mol. The Hall–Kier alpha value is -3.18. The number of halogens is 2. The number of rotatable bonds is 10. The van der Waals surface area contributed by atoms with E-state index in [2.05, 4.69) is 30.7 Å². The molecule has 3 N–H and O–H groups in total. The number of pyridine rings is 1. The van der Waals surface area contributed by atoms with Crippen LogP contribution in [0.2, 0.25) is 5.02 Å². The highest BCUT2D eigenvalue weighted by atomic mass is 35.5. The maximum atomic E-state index is 14.3. The number of nitrogens with zero attached hydrogens (tertiary/aromatic N) is 4. The van der Waals surface area contributed by atoms with E-state index in [0.717, 1.165) is 0 Å². The van der Waals surface area contributed by atoms with Crippen LogP contribution >= 0.6 is 11.6 Å². The predicted molar refractivity (Wildman–Crippen MR) is 136 cm³/mol. The lowest BCUT2D eigenvalue weighted by Crippen LogP contribution is -2.65. The number of carbonyl (C=O) groups is 1. The largest absolute Gasteiger partial charge is 0.393 e. The number of anilines is 3. The molecule has 2 aromatic heterocycles. The first-order valence-electron chi connectivity index (χ1n) is 11.6. The van der Waals surface area contributed by atoms with Crippen molar-refractivity contribution in [3.05, 3.63) is 59.1 Å². The number of benzene rings is 1. The van der Waals surface area contributed by atoms with Crippen LogP contribution in [0.15, 0.2) is 42.6 Å². The molecule has 3 aromatic rings. The minimum atomic E-state index is -0.509. The number of aryl methyl sites for hydroxylation is 1. The Balaban J connectivity index is 1.37. The first-order chi connectivity index (χ1) is 17.3. The molecule has 190 valence electrons. The van der Waals surface area contributed by atoms with Gasteiger partial charge in [0, 0.05) is 61.2 Å². The van der Waals surface area contributed by atoms with Crippen molar-refractivity contribution in [2.75, 3.05) is 43.5 Å². The highest BCUT2D eigenvalue weighted by molar-refractivity contribution is 6.30. The van der Waals surface area contributed by atoms with Gasteiger partial charge in [-0.2, -0.15) is 10.2 Å². The summed E-state index contributed by atoms with van der Waals surface area (Å²) in [7, 11) is 0. The van der Waals surface area contributed by atoms with Crippen LogP contribution < -0.4 is 10.6 Å². The van der Waals surface area contributed by atoms with Crippen molar-refractivity contribution < 1.29 is 19.0 Å². The molecule has 0 bridgehead atoms. The Labute approximate surface area is 213 Å². The second-order valence-corrected chi connectivity index (χ2v) is 9.13. The molecule has 1 amide bonds. The Kier molecular flexibility index (Phi) is 8.10. The third-order valence-electron chi connectivity index (χ3n) is 5.91. The second-order valence-electron chi connectivity index (χ2n) is 8.69. The smallest absolute Gasteiger partial charge is 0.226 e. The number of aliphatic hydroxyl groups is 1. The summed E-state index contributed by atoms with van der Waals surface area (Å²) in [4.78, 5) is 18.7. The van der Waals surface area contributed by atoms with Crippen molar-refractivity contribution in [3.63, 3.8) is 0 Å². The number of aliphatic hydroxyl groups excluding tert-OH is 1. The van der Waals surface area contributed by atoms with Crippen LogP contribution in [0, 0.1) is 12.7 Å². The molecular weight excluding hydrogens is 487 g/mol. The Morgan fingerprint density at radius 3 is 2.81 bits per heavy atom. The first kappa shape index (κ1) is 25.9. The van der Waals surface area contributed by atoms with E-state index in [1.165, 1.54) is 18.2 Å². The maximum absolute atomic E-state index is 14.3. The molecule has 1 aliphatic heterocycles. The summed E-state index contributed by atoms with van der Waals surface area (Å²) in [6.45, 7) is 5.95. The van der Waals surface area contributed by atoms with Gasteiger partial charge in [-0.3, -0.25) is 9.69 Å². The van der Waals surface area contributed by atoms with Gasteiger partial charge in [-0.25, -0.2) is 9.37 Å². The van der Waals surface area contributed by atoms with Gasteiger partial charge in [-0.05, 0) is 44.2 Å². The van der Waals surface area contributed by atoms with Crippen LogP contribution in [0.4, 0.5) is 21.6 Å². The quantitative estimate of drug-likeness (QED) is 0.374. The molecule has 36 heavy (non-hydrogen) atoms. The van der Waals surface area contributed by atoms with E-state index in [1.807, 2.05) is 6.92 Å². The van der Waals surface area contributed by atoms with Crippen LogP contribution in [0.25, 0.3) is 11.3 Å². The monoisotopic (exact) mass is 514 g/mol. The molecule has 4 rings (SSSR count). The zero-order valence-corrected chi connectivity index (χ0v) is 20.8. The number of nitrogens with one attached hydrogen (secondary N) is 2. The van der Waals surface area contributed by atoms with E-state index in [9.17, 15) is 14.3 Å². The summed E-state index contributed by atoms with van der Waals surface area (Å²) in [6, 6.07) is 9.40. The molecule has 0 radical (unpaired) electrons. The van der Waals surface area contributed by atoms with Gasteiger partial charge in [0.05, 0.1) is 23.7 Å². The number of likely N-dealkylation sites (tertiary alicyclic amines) is 1. The molecule has 9 nitrogen and oxygen atoms in total. The number of ether oxygens (including phenoxy) is 1. The van der Waals surface area contributed by atoms with Gasteiger partial charge >= 0.3 is 0 Å². The van der Waals surface area contributed by atoms with Crippen molar-refractivity contribution in [1.82, 2.24) is 20.1 Å². The minimum Gasteiger partial charge on any atom is -0.393 e. The van der Waals surface area contributed by atoms with Crippen LogP contribution in [0.1, 0.15) is 19.0 Å². The molecular formula is C25H28ClFN6O3. The number of carbonyl (C=O) groups excluding carboxylic acids is 1. The summed E-state index contributed by atoms with van der Waals surface area (Å²) in [6.07, 6.45) is 1.86. The van der Waals surface area contributed by atoms with Crippen LogP contribution in [-0.4, -0.2) is 69.5 Å². The van der Waals surface area contributed by atoms with E-state index >= 15 is 0 Å². The number of amides is 1. The molecule has 1 aliphatic rings. The van der Waals surface area contributed by atoms with Crippen molar-refractivity contribution in [1.29, 1.82) is 0 Å². The standard InChI is InChI=1S/C25H28ClFN6O3/c1-3-36-25(15-34)13-33(14-25)9-7-24(35)30-23-11-18(6-8-28-23)29-21-12-22(32-31-16(21)2)19-10-17(26)4-5-20(19)27/h4-6,8,10-12,34H,3,7,9,13-15H2,1-2H3,(H2,28,29,30,32,35). The van der Waals surface area contributed by atoms with Gasteiger partial charge < -0.3 is 20.5 Å². The van der Waals surface area contributed by atoms with E-state index in [-0.39, 0.29) is 24.5 Å². The van der Waals surface area contributed by atoms with Gasteiger partial charge in [0.25, 0.3) is 0 Å². The molecule has 0 spiro atoms. The molecule has 1 aromatic carbocycles. The second kappa shape index (κ2) is 11.3. The van der Waals surface area contributed by atoms with Gasteiger partial charge in [0.15, 0.2) is 0 Å². The zero-order chi connectivity index (χ0) is 25.7. The van der Waals surface area contributed by atoms with Gasteiger partial charge in [-0.1, -0.05) is 11.6 Å². The summed E-state index contributed by atoms with van der Waals surface area (Å²) in [5.74, 6) is -0.220. The van der Waals surface area contributed by atoms with Crippen LogP contribution in [0.3, 0.4) is 0 Å². The number of aromatic nitrogens is 3. The summed E-state index contributed by atoms with van der Waals surface area (Å²) in [5.41, 5.74) is 1.99. The van der Waals surface area contributed by atoms with Crippen LogP contribution in [0.5, 0.6) is 0 Å². The Bertz CT molecular complexity index is 1240. The average Bonchev–Trinajstić information content (AvgIpc) is 2.83. The van der Waals surface area contributed by atoms with Crippen molar-refractivity contribution in [2.45, 2.75) is 25.9 Å². The third-order valence-corrected chi connectivity index (χ3v) is 6.14. The number of hydrogen-bond donors (Lipinski definition) is 3. The lowest BCUT2D eigenvalue weighted by molar-refractivity contribution is -0.163. The normalized spacial score (nSPS) is 14.8. The van der Waals surface area contributed by atoms with E-state index < -0.39 is 11.4 Å². The molecule has 0 aliphatic carbocycles. The highest BCUT2D eigenvalue weighted by Crippen LogP contribution is 2.29. The fourth-order valence-electron chi connectivity index (χ4n) is 4.07. The van der Waals surface area contributed by atoms with Crippen LogP contribution in [-0.2, 0) is 9.53 Å². The summed E-state index contributed by atoms with van der Waals surface area (Å²) in [5, 5.41) is 24.2. The summed E-state index contributed by atoms with van der Waals surface area (Å²) < 4.78 is 19.9. The van der Waals surface area contributed by atoms with Gasteiger partial charge in [-0.15, -0.1) is 0 Å². The van der Waals surface area contributed by atoms with Gasteiger partial charge in [0.2, 0.25) is 5.91 Å². The first-order valence-corrected chi connectivity index (χ1v) is 12.0. The lowest BCUT2D eigenvalue weighted by atomic mass is 9.94. The van der Waals surface area contributed by atoms with E-state index in [0.29, 0.717) is 59.8 Å². The van der Waals surface area contributed by atoms with E-state index in [1.54, 1.807) is 31.3 Å². The predicted octanol–water partition coefficient (Wildman–Crippen LogP) is 3.79. The minimum absolute atomic E-state index is 0.0325. The molecule has 11 heteroatoms. The number of hydrogen-bond acceptors (Lipinski definition) is 8. The molecule has 0 saturated carbocycles. The van der Waals surface area contributed by atoms with Crippen molar-refractivity contribution in [3.8, 4) is 11.3 Å². The summed E-state index contributed by atoms with van der Waals surface area (Å²) >= 11 is 6.02. The topological polar surface area (TPSA) is 112 Å². The Morgan fingerprint density at radius 1 is 1.25 bits per heavy atom. The highest BCUT2D eigenvalue weighted by Gasteiger charge is 2.43.